The summed E-state index contributed by atoms with van der Waals surface area (Å²) in [5, 5.41) is 4.45. The number of piperidine rings is 1. The number of aromatic nitrogens is 2. The van der Waals surface area contributed by atoms with Gasteiger partial charge in [-0.15, -0.1) is 0 Å². The maximum absolute atomic E-state index is 13.0. The molecule has 0 amide bonds. The van der Waals surface area contributed by atoms with Gasteiger partial charge in [0.25, 0.3) is 0 Å². The molecular formula is C17H22FN5. The maximum Gasteiger partial charge on any atom is 0.191 e. The molecule has 2 heterocycles. The summed E-state index contributed by atoms with van der Waals surface area (Å²) in [6.07, 6.45) is 4.17. The van der Waals surface area contributed by atoms with Gasteiger partial charge in [-0.3, -0.25) is 0 Å². The van der Waals surface area contributed by atoms with Gasteiger partial charge in [-0.1, -0.05) is 6.92 Å². The molecule has 0 unspecified atom stereocenters. The van der Waals surface area contributed by atoms with Crippen LogP contribution in [0.25, 0.3) is 5.69 Å². The Labute approximate surface area is 135 Å². The number of rotatable bonds is 3. The van der Waals surface area contributed by atoms with Gasteiger partial charge in [-0.05, 0) is 49.1 Å². The molecule has 2 aromatic rings. The SMILES string of the molecule is CC1CCN(C(N)=NCc2ccn(-c3ccc(F)cc3)n2)CC1. The summed E-state index contributed by atoms with van der Waals surface area (Å²) in [5.74, 6) is 1.10. The van der Waals surface area contributed by atoms with Crippen molar-refractivity contribution in [3.8, 4) is 5.69 Å². The molecule has 1 aromatic carbocycles. The molecule has 1 aliphatic heterocycles. The van der Waals surface area contributed by atoms with Gasteiger partial charge < -0.3 is 10.6 Å². The lowest BCUT2D eigenvalue weighted by atomic mass is 10.00. The fraction of sp³-hybridized carbons (Fsp3) is 0.412. The van der Waals surface area contributed by atoms with Crippen molar-refractivity contribution in [3.63, 3.8) is 0 Å². The van der Waals surface area contributed by atoms with Gasteiger partial charge in [0.15, 0.2) is 5.96 Å². The molecule has 1 fully saturated rings. The van der Waals surface area contributed by atoms with E-state index in [1.165, 1.54) is 12.1 Å². The second-order valence-corrected chi connectivity index (χ2v) is 6.07. The topological polar surface area (TPSA) is 59.4 Å². The van der Waals surface area contributed by atoms with Crippen LogP contribution in [0, 0.1) is 11.7 Å². The molecule has 0 aliphatic carbocycles. The van der Waals surface area contributed by atoms with Crippen LogP contribution < -0.4 is 5.73 Å². The minimum absolute atomic E-state index is 0.255. The lowest BCUT2D eigenvalue weighted by Crippen LogP contribution is -2.42. The van der Waals surface area contributed by atoms with Gasteiger partial charge in [0.2, 0.25) is 0 Å². The molecule has 0 spiro atoms. The van der Waals surface area contributed by atoms with Crippen LogP contribution in [0.3, 0.4) is 0 Å². The zero-order chi connectivity index (χ0) is 16.2. The maximum atomic E-state index is 13.0. The normalized spacial score (nSPS) is 16.8. The molecule has 0 saturated carbocycles. The second-order valence-electron chi connectivity index (χ2n) is 6.07. The predicted octanol–water partition coefficient (Wildman–Crippen LogP) is 2.56. The third kappa shape index (κ3) is 3.88. The molecule has 2 N–H and O–H groups in total. The number of nitrogens with zero attached hydrogens (tertiary/aromatic N) is 4. The first-order valence-corrected chi connectivity index (χ1v) is 7.97. The molecular weight excluding hydrogens is 293 g/mol. The number of likely N-dealkylation sites (tertiary alicyclic amines) is 1. The minimum atomic E-state index is -0.255. The van der Waals surface area contributed by atoms with Crippen LogP contribution in [0.5, 0.6) is 0 Å². The number of benzene rings is 1. The van der Waals surface area contributed by atoms with E-state index in [0.29, 0.717) is 12.5 Å². The Morgan fingerprint density at radius 3 is 2.65 bits per heavy atom. The first-order chi connectivity index (χ1) is 11.1. The molecule has 3 rings (SSSR count). The van der Waals surface area contributed by atoms with Crippen LogP contribution in [0.15, 0.2) is 41.5 Å². The Morgan fingerprint density at radius 2 is 1.96 bits per heavy atom. The van der Waals surface area contributed by atoms with Crippen molar-refractivity contribution in [2.75, 3.05) is 13.1 Å². The highest BCUT2D eigenvalue weighted by molar-refractivity contribution is 5.78. The predicted molar refractivity (Wildman–Crippen MR) is 88.8 cm³/mol. The number of hydrogen-bond acceptors (Lipinski definition) is 2. The van der Waals surface area contributed by atoms with Crippen LogP contribution in [-0.4, -0.2) is 33.7 Å². The number of aliphatic imine (C=N–C) groups is 1. The average Bonchev–Trinajstić information content (AvgIpc) is 3.03. The Bertz CT molecular complexity index is 669. The van der Waals surface area contributed by atoms with Gasteiger partial charge >= 0.3 is 0 Å². The number of halogens is 1. The molecule has 1 aromatic heterocycles. The summed E-state index contributed by atoms with van der Waals surface area (Å²) in [4.78, 5) is 6.58. The van der Waals surface area contributed by atoms with Crippen LogP contribution in [0.4, 0.5) is 4.39 Å². The highest BCUT2D eigenvalue weighted by Crippen LogP contribution is 2.15. The van der Waals surface area contributed by atoms with Crippen molar-refractivity contribution in [2.24, 2.45) is 16.6 Å². The molecule has 0 atom stereocenters. The van der Waals surface area contributed by atoms with Gasteiger partial charge in [0.1, 0.15) is 5.82 Å². The molecule has 23 heavy (non-hydrogen) atoms. The fourth-order valence-corrected chi connectivity index (χ4v) is 2.68. The highest BCUT2D eigenvalue weighted by Gasteiger charge is 2.16. The standard InChI is InChI=1S/C17H22FN5/c1-13-6-9-22(10-7-13)17(19)20-12-15-8-11-23(21-15)16-4-2-14(18)3-5-16/h2-5,8,11,13H,6-7,9-10,12H2,1H3,(H2,19,20). The third-order valence-electron chi connectivity index (χ3n) is 4.25. The van der Waals surface area contributed by atoms with E-state index in [-0.39, 0.29) is 5.82 Å². The van der Waals surface area contributed by atoms with E-state index in [9.17, 15) is 4.39 Å². The summed E-state index contributed by atoms with van der Waals surface area (Å²) in [7, 11) is 0. The molecule has 1 saturated heterocycles. The van der Waals surface area contributed by atoms with Crippen LogP contribution in [-0.2, 0) is 6.54 Å². The molecule has 5 nitrogen and oxygen atoms in total. The molecule has 1 aliphatic rings. The summed E-state index contributed by atoms with van der Waals surface area (Å²) in [5.41, 5.74) is 7.73. The highest BCUT2D eigenvalue weighted by atomic mass is 19.1. The summed E-state index contributed by atoms with van der Waals surface area (Å²) in [6, 6.07) is 8.13. The van der Waals surface area contributed by atoms with E-state index < -0.39 is 0 Å². The van der Waals surface area contributed by atoms with Crippen molar-refractivity contribution in [3.05, 3.63) is 48.0 Å². The van der Waals surface area contributed by atoms with Crippen LogP contribution in [0.1, 0.15) is 25.5 Å². The minimum Gasteiger partial charge on any atom is -0.370 e. The first-order valence-electron chi connectivity index (χ1n) is 7.97. The summed E-state index contributed by atoms with van der Waals surface area (Å²) < 4.78 is 14.7. The lowest BCUT2D eigenvalue weighted by Gasteiger charge is -2.30. The molecule has 0 radical (unpaired) electrons. The monoisotopic (exact) mass is 315 g/mol. The zero-order valence-electron chi connectivity index (χ0n) is 13.3. The molecule has 6 heteroatoms. The van der Waals surface area contributed by atoms with Gasteiger partial charge in [-0.2, -0.15) is 5.10 Å². The summed E-state index contributed by atoms with van der Waals surface area (Å²) >= 11 is 0. The quantitative estimate of drug-likeness (QED) is 0.699. The van der Waals surface area contributed by atoms with Gasteiger partial charge in [0, 0.05) is 19.3 Å². The fourth-order valence-electron chi connectivity index (χ4n) is 2.68. The summed E-state index contributed by atoms with van der Waals surface area (Å²) in [6.45, 7) is 4.67. The van der Waals surface area contributed by atoms with Crippen molar-refractivity contribution >= 4 is 5.96 Å². The van der Waals surface area contributed by atoms with Crippen LogP contribution >= 0.6 is 0 Å². The van der Waals surface area contributed by atoms with Crippen molar-refractivity contribution in [2.45, 2.75) is 26.3 Å². The van der Waals surface area contributed by atoms with Gasteiger partial charge in [0.05, 0.1) is 17.9 Å². The second kappa shape index (κ2) is 6.81. The number of hydrogen-bond donors (Lipinski definition) is 1. The van der Waals surface area contributed by atoms with E-state index in [0.717, 1.165) is 43.2 Å². The number of nitrogens with two attached hydrogens (primary N) is 1. The average molecular weight is 315 g/mol. The number of guanidine groups is 1. The van der Waals surface area contributed by atoms with Crippen LogP contribution in [0.2, 0.25) is 0 Å². The zero-order valence-corrected chi connectivity index (χ0v) is 13.3. The largest absolute Gasteiger partial charge is 0.370 e. The smallest absolute Gasteiger partial charge is 0.191 e. The molecule has 0 bridgehead atoms. The van der Waals surface area contributed by atoms with Gasteiger partial charge in [-0.25, -0.2) is 14.1 Å². The van der Waals surface area contributed by atoms with Crippen molar-refractivity contribution in [1.82, 2.24) is 14.7 Å². The lowest BCUT2D eigenvalue weighted by molar-refractivity contribution is 0.277. The van der Waals surface area contributed by atoms with Crippen molar-refractivity contribution < 1.29 is 4.39 Å². The van der Waals surface area contributed by atoms with Crippen molar-refractivity contribution in [1.29, 1.82) is 0 Å². The van der Waals surface area contributed by atoms with E-state index in [2.05, 4.69) is 21.9 Å². The van der Waals surface area contributed by atoms with E-state index in [4.69, 9.17) is 5.73 Å². The first kappa shape index (κ1) is 15.5. The Kier molecular flexibility index (Phi) is 4.60. The Balaban J connectivity index is 1.62. The Morgan fingerprint density at radius 1 is 1.26 bits per heavy atom. The molecule has 122 valence electrons. The third-order valence-corrected chi connectivity index (χ3v) is 4.25. The van der Waals surface area contributed by atoms with E-state index in [1.54, 1.807) is 16.8 Å². The Hall–Kier alpha value is -2.37. The van der Waals surface area contributed by atoms with E-state index >= 15 is 0 Å². The van der Waals surface area contributed by atoms with E-state index in [1.807, 2.05) is 12.3 Å².